The summed E-state index contributed by atoms with van der Waals surface area (Å²) in [5, 5.41) is 12.5. The topological polar surface area (TPSA) is 62.5 Å². The van der Waals surface area contributed by atoms with Crippen molar-refractivity contribution in [2.24, 2.45) is 5.92 Å². The molecule has 0 aromatic carbocycles. The highest BCUT2D eigenvalue weighted by molar-refractivity contribution is 5.77. The van der Waals surface area contributed by atoms with Gasteiger partial charge in [0.15, 0.2) is 0 Å². The second-order valence-corrected chi connectivity index (χ2v) is 5.64. The molecule has 1 aliphatic carbocycles. The van der Waals surface area contributed by atoms with Crippen LogP contribution in [0.4, 0.5) is 13.2 Å². The van der Waals surface area contributed by atoms with Crippen LogP contribution in [0.1, 0.15) is 37.7 Å². The average Bonchev–Trinajstić information content (AvgIpc) is 3.10. The Morgan fingerprint density at radius 2 is 2.10 bits per heavy atom. The number of hydrogen-bond acceptors (Lipinski definition) is 3. The van der Waals surface area contributed by atoms with Crippen molar-refractivity contribution >= 4 is 5.91 Å². The summed E-state index contributed by atoms with van der Waals surface area (Å²) >= 11 is 0. The van der Waals surface area contributed by atoms with Crippen LogP contribution in [0.15, 0.2) is 16.5 Å². The molecule has 0 saturated heterocycles. The van der Waals surface area contributed by atoms with E-state index in [1.165, 1.54) is 13.0 Å². The Morgan fingerprint density at radius 1 is 1.48 bits per heavy atom. The minimum atomic E-state index is -5.00. The molecule has 2 rings (SSSR count). The predicted octanol–water partition coefficient (Wildman–Crippen LogP) is 2.64. The van der Waals surface area contributed by atoms with Crippen LogP contribution < -0.4 is 5.32 Å². The number of carbonyl (C=O) groups excluding carboxylic acids is 1. The smallest absolute Gasteiger partial charge is 0.425 e. The molecule has 1 amide bonds. The number of nitrogens with one attached hydrogen (secondary N) is 1. The highest BCUT2D eigenvalue weighted by atomic mass is 19.4. The van der Waals surface area contributed by atoms with Gasteiger partial charge in [-0.25, -0.2) is 0 Å². The molecule has 21 heavy (non-hydrogen) atoms. The Hall–Kier alpha value is -1.50. The van der Waals surface area contributed by atoms with Crippen molar-refractivity contribution in [3.05, 3.63) is 23.7 Å². The van der Waals surface area contributed by atoms with Gasteiger partial charge < -0.3 is 14.8 Å². The summed E-state index contributed by atoms with van der Waals surface area (Å²) in [7, 11) is 0. The van der Waals surface area contributed by atoms with Crippen molar-refractivity contribution in [3.8, 4) is 0 Å². The Morgan fingerprint density at radius 3 is 2.52 bits per heavy atom. The van der Waals surface area contributed by atoms with Gasteiger partial charge in [-0.05, 0) is 44.7 Å². The first-order chi connectivity index (χ1) is 9.63. The Bertz CT molecular complexity index is 522. The fraction of sp³-hybridized carbons (Fsp3) is 0.643. The quantitative estimate of drug-likeness (QED) is 0.879. The van der Waals surface area contributed by atoms with Crippen LogP contribution in [0.2, 0.25) is 0 Å². The second-order valence-electron chi connectivity index (χ2n) is 5.64. The summed E-state index contributed by atoms with van der Waals surface area (Å²) in [6, 6.07) is 2.17. The van der Waals surface area contributed by atoms with E-state index in [9.17, 15) is 23.1 Å². The molecular formula is C14H18F3NO3. The zero-order chi connectivity index (χ0) is 15.8. The van der Waals surface area contributed by atoms with E-state index >= 15 is 0 Å². The van der Waals surface area contributed by atoms with Crippen molar-refractivity contribution < 1.29 is 27.5 Å². The van der Waals surface area contributed by atoms with E-state index in [0.29, 0.717) is 5.92 Å². The maximum Gasteiger partial charge on any atom is 0.425 e. The first kappa shape index (κ1) is 15.9. The molecule has 0 bridgehead atoms. The molecule has 2 N–H and O–H groups in total. The molecule has 0 aliphatic heterocycles. The number of hydrogen-bond donors (Lipinski definition) is 2. The van der Waals surface area contributed by atoms with E-state index in [2.05, 4.69) is 5.32 Å². The van der Waals surface area contributed by atoms with Gasteiger partial charge in [-0.2, -0.15) is 13.2 Å². The molecule has 4 nitrogen and oxygen atoms in total. The Balaban J connectivity index is 2.14. The summed E-state index contributed by atoms with van der Waals surface area (Å²) in [4.78, 5) is 11.8. The number of alkyl halides is 3. The maximum absolute atomic E-state index is 13.2. The fourth-order valence-electron chi connectivity index (χ4n) is 2.24. The largest absolute Gasteiger partial charge is 0.463 e. The lowest BCUT2D eigenvalue weighted by atomic mass is 9.95. The number of amides is 1. The molecule has 1 fully saturated rings. The molecule has 1 aliphatic rings. The van der Waals surface area contributed by atoms with E-state index in [-0.39, 0.29) is 11.8 Å². The van der Waals surface area contributed by atoms with Crippen LogP contribution in [0, 0.1) is 12.8 Å². The predicted molar refractivity (Wildman–Crippen MR) is 68.3 cm³/mol. The molecule has 2 unspecified atom stereocenters. The second kappa shape index (κ2) is 5.36. The van der Waals surface area contributed by atoms with E-state index in [1.54, 1.807) is 6.92 Å². The van der Waals surface area contributed by atoms with E-state index in [4.69, 9.17) is 4.42 Å². The maximum atomic E-state index is 13.2. The van der Waals surface area contributed by atoms with Crippen LogP contribution in [-0.2, 0) is 10.4 Å². The number of aryl methyl sites for hydroxylation is 1. The van der Waals surface area contributed by atoms with Crippen LogP contribution in [-0.4, -0.2) is 23.2 Å². The van der Waals surface area contributed by atoms with Gasteiger partial charge in [-0.3, -0.25) is 4.79 Å². The minimum absolute atomic E-state index is 0.187. The first-order valence-electron chi connectivity index (χ1n) is 6.79. The molecule has 1 aromatic heterocycles. The van der Waals surface area contributed by atoms with Gasteiger partial charge in [0.05, 0.1) is 6.42 Å². The van der Waals surface area contributed by atoms with E-state index < -0.39 is 29.9 Å². The first-order valence-corrected chi connectivity index (χ1v) is 6.79. The molecule has 0 spiro atoms. The van der Waals surface area contributed by atoms with Crippen LogP contribution >= 0.6 is 0 Å². The van der Waals surface area contributed by atoms with Crippen LogP contribution in [0.3, 0.4) is 0 Å². The Labute approximate surface area is 120 Å². The van der Waals surface area contributed by atoms with Gasteiger partial charge in [0.2, 0.25) is 11.5 Å². The summed E-state index contributed by atoms with van der Waals surface area (Å²) in [6.45, 7) is 3.22. The van der Waals surface area contributed by atoms with Crippen LogP contribution in [0.5, 0.6) is 0 Å². The number of halogens is 3. The fourth-order valence-corrected chi connectivity index (χ4v) is 2.24. The molecule has 0 radical (unpaired) electrons. The molecule has 1 saturated carbocycles. The van der Waals surface area contributed by atoms with Gasteiger partial charge in [0.25, 0.3) is 0 Å². The van der Waals surface area contributed by atoms with Crippen molar-refractivity contribution in [1.29, 1.82) is 0 Å². The molecule has 2 atom stereocenters. The lowest BCUT2D eigenvalue weighted by Gasteiger charge is -2.28. The highest BCUT2D eigenvalue weighted by Gasteiger charge is 2.58. The van der Waals surface area contributed by atoms with E-state index in [1.807, 2.05) is 0 Å². The third kappa shape index (κ3) is 3.40. The molecular weight excluding hydrogens is 287 g/mol. The summed E-state index contributed by atoms with van der Waals surface area (Å²) in [5.74, 6) is -0.955. The summed E-state index contributed by atoms with van der Waals surface area (Å²) in [5.41, 5.74) is -3.31. The molecule has 7 heteroatoms. The Kier molecular flexibility index (Phi) is 4.06. The lowest BCUT2D eigenvalue weighted by Crippen LogP contribution is -2.47. The number of carbonyl (C=O) groups is 1. The minimum Gasteiger partial charge on any atom is -0.463 e. The third-order valence-electron chi connectivity index (χ3n) is 3.75. The van der Waals surface area contributed by atoms with Crippen molar-refractivity contribution in [2.75, 3.05) is 0 Å². The van der Waals surface area contributed by atoms with Gasteiger partial charge in [-0.1, -0.05) is 0 Å². The third-order valence-corrected chi connectivity index (χ3v) is 3.75. The number of furan rings is 1. The van der Waals surface area contributed by atoms with Crippen molar-refractivity contribution in [2.45, 2.75) is 50.9 Å². The van der Waals surface area contributed by atoms with Crippen molar-refractivity contribution in [1.82, 2.24) is 5.32 Å². The molecule has 1 heterocycles. The van der Waals surface area contributed by atoms with Crippen LogP contribution in [0.25, 0.3) is 0 Å². The lowest BCUT2D eigenvalue weighted by molar-refractivity contribution is -0.273. The van der Waals surface area contributed by atoms with Gasteiger partial charge in [0, 0.05) is 6.04 Å². The normalized spacial score (nSPS) is 19.9. The SMILES string of the molecule is Cc1ccc(C(O)(CC(=O)NC(C)C2CC2)C(F)(F)F)o1. The summed E-state index contributed by atoms with van der Waals surface area (Å²) < 4.78 is 44.4. The zero-order valence-corrected chi connectivity index (χ0v) is 11.8. The van der Waals surface area contributed by atoms with Gasteiger partial charge in [-0.15, -0.1) is 0 Å². The van der Waals surface area contributed by atoms with Crippen molar-refractivity contribution in [3.63, 3.8) is 0 Å². The average molecular weight is 305 g/mol. The van der Waals surface area contributed by atoms with Gasteiger partial charge >= 0.3 is 6.18 Å². The summed E-state index contributed by atoms with van der Waals surface area (Å²) in [6.07, 6.45) is -4.19. The standard InChI is InChI=1S/C14H18F3NO3/c1-8-3-6-11(21-8)13(20,14(15,16)17)7-12(19)18-9(2)10-4-5-10/h3,6,9-10,20H,4-5,7H2,1-2H3,(H,18,19). The monoisotopic (exact) mass is 305 g/mol. The number of aliphatic hydroxyl groups is 1. The molecule has 118 valence electrons. The van der Waals surface area contributed by atoms with E-state index in [0.717, 1.165) is 18.9 Å². The zero-order valence-electron chi connectivity index (χ0n) is 11.8. The molecule has 1 aromatic rings. The highest BCUT2D eigenvalue weighted by Crippen LogP contribution is 2.42. The number of rotatable bonds is 5. The van der Waals surface area contributed by atoms with Gasteiger partial charge in [0.1, 0.15) is 11.5 Å².